The summed E-state index contributed by atoms with van der Waals surface area (Å²) in [6.45, 7) is 2.88. The number of hydrogen-bond donors (Lipinski definition) is 2. The molecular weight excluding hydrogens is 434 g/mol. The fraction of sp³-hybridized carbons (Fsp3) is 0.238. The van der Waals surface area contributed by atoms with Gasteiger partial charge in [-0.2, -0.15) is 0 Å². The van der Waals surface area contributed by atoms with Gasteiger partial charge in [0, 0.05) is 48.4 Å². The van der Waals surface area contributed by atoms with Crippen LogP contribution in [0, 0.1) is 17.0 Å². The van der Waals surface area contributed by atoms with Crippen LogP contribution in [0.4, 0.5) is 11.4 Å². The first-order valence-electron chi connectivity index (χ1n) is 9.88. The first-order valence-corrected chi connectivity index (χ1v) is 11.4. The smallest absolute Gasteiger partial charge is 0.273 e. The molecule has 3 rings (SSSR count). The van der Waals surface area contributed by atoms with E-state index < -0.39 is 14.9 Å². The first kappa shape index (κ1) is 22.9. The number of imidazole rings is 1. The predicted octanol–water partition coefficient (Wildman–Crippen LogP) is 3.11. The standard InChI is InChI=1S/C21H23N5O5S/c1-16-4-9-19(14-20(16)26(28)29)32(30,31)24-18-7-5-17(6-8-18)21(27)23-10-2-3-12-25-13-11-22-15-25/h4-9,11,13-15,24H,2-3,10,12H2,1H3,(H,23,27). The number of nitrogens with one attached hydrogen (secondary N) is 2. The Kier molecular flexibility index (Phi) is 7.21. The van der Waals surface area contributed by atoms with Gasteiger partial charge in [0.15, 0.2) is 0 Å². The number of anilines is 1. The number of carbonyl (C=O) groups is 1. The molecule has 1 aromatic heterocycles. The van der Waals surface area contributed by atoms with Crippen molar-refractivity contribution in [2.45, 2.75) is 31.2 Å². The third-order valence-corrected chi connectivity index (χ3v) is 6.15. The molecule has 0 aliphatic rings. The number of unbranched alkanes of at least 4 members (excludes halogenated alkanes) is 1. The summed E-state index contributed by atoms with van der Waals surface area (Å²) in [6.07, 6.45) is 7.05. The predicted molar refractivity (Wildman–Crippen MR) is 119 cm³/mol. The van der Waals surface area contributed by atoms with Crippen LogP contribution in [-0.2, 0) is 16.6 Å². The summed E-state index contributed by atoms with van der Waals surface area (Å²) in [7, 11) is -4.02. The average Bonchev–Trinajstić information content (AvgIpc) is 3.27. The number of hydrogen-bond acceptors (Lipinski definition) is 6. The Morgan fingerprint density at radius 1 is 1.16 bits per heavy atom. The number of amides is 1. The van der Waals surface area contributed by atoms with Crippen molar-refractivity contribution in [2.75, 3.05) is 11.3 Å². The Hall–Kier alpha value is -3.73. The SMILES string of the molecule is Cc1ccc(S(=O)(=O)Nc2ccc(C(=O)NCCCCn3ccnc3)cc2)cc1[N+](=O)[O-]. The second-order valence-electron chi connectivity index (χ2n) is 7.15. The Morgan fingerprint density at radius 2 is 1.91 bits per heavy atom. The highest BCUT2D eigenvalue weighted by Gasteiger charge is 2.20. The molecule has 0 radical (unpaired) electrons. The van der Waals surface area contributed by atoms with Gasteiger partial charge in [-0.1, -0.05) is 6.07 Å². The molecule has 11 heteroatoms. The van der Waals surface area contributed by atoms with Gasteiger partial charge in [-0.25, -0.2) is 13.4 Å². The fourth-order valence-electron chi connectivity index (χ4n) is 3.00. The maximum absolute atomic E-state index is 12.6. The van der Waals surface area contributed by atoms with Gasteiger partial charge >= 0.3 is 0 Å². The van der Waals surface area contributed by atoms with Crippen LogP contribution in [0.25, 0.3) is 0 Å². The third-order valence-electron chi connectivity index (χ3n) is 4.77. The van der Waals surface area contributed by atoms with Gasteiger partial charge in [-0.3, -0.25) is 19.6 Å². The van der Waals surface area contributed by atoms with Crippen LogP contribution in [0.3, 0.4) is 0 Å². The topological polar surface area (TPSA) is 136 Å². The minimum absolute atomic E-state index is 0.215. The zero-order valence-electron chi connectivity index (χ0n) is 17.4. The van der Waals surface area contributed by atoms with Crippen LogP contribution in [-0.4, -0.2) is 35.3 Å². The molecule has 0 aliphatic heterocycles. The molecule has 0 unspecified atom stereocenters. The number of aryl methyl sites for hydroxylation is 2. The van der Waals surface area contributed by atoms with Crippen molar-refractivity contribution in [1.82, 2.24) is 14.9 Å². The van der Waals surface area contributed by atoms with Gasteiger partial charge in [0.1, 0.15) is 0 Å². The molecule has 3 aromatic rings. The summed E-state index contributed by atoms with van der Waals surface area (Å²) in [5, 5.41) is 13.9. The maximum Gasteiger partial charge on any atom is 0.273 e. The number of nitrogens with zero attached hydrogens (tertiary/aromatic N) is 3. The van der Waals surface area contributed by atoms with Gasteiger partial charge < -0.3 is 9.88 Å². The lowest BCUT2D eigenvalue weighted by Crippen LogP contribution is -2.24. The lowest BCUT2D eigenvalue weighted by Gasteiger charge is -2.10. The summed E-state index contributed by atoms with van der Waals surface area (Å²) in [5.41, 5.74) is 0.731. The van der Waals surface area contributed by atoms with E-state index in [1.807, 2.05) is 10.8 Å². The molecule has 10 nitrogen and oxygen atoms in total. The van der Waals surface area contributed by atoms with Crippen molar-refractivity contribution >= 4 is 27.3 Å². The number of aromatic nitrogens is 2. The zero-order chi connectivity index (χ0) is 23.1. The Bertz CT molecular complexity index is 1190. The van der Waals surface area contributed by atoms with Crippen LogP contribution in [0.15, 0.2) is 66.1 Å². The monoisotopic (exact) mass is 457 g/mol. The van der Waals surface area contributed by atoms with Crippen molar-refractivity contribution in [1.29, 1.82) is 0 Å². The van der Waals surface area contributed by atoms with Crippen molar-refractivity contribution in [3.63, 3.8) is 0 Å². The summed E-state index contributed by atoms with van der Waals surface area (Å²) in [6, 6.07) is 9.66. The minimum atomic E-state index is -4.02. The van der Waals surface area contributed by atoms with E-state index in [4.69, 9.17) is 0 Å². The molecule has 0 saturated heterocycles. The summed E-state index contributed by atoms with van der Waals surface area (Å²) >= 11 is 0. The number of nitro benzene ring substituents is 1. The molecule has 1 heterocycles. The number of sulfonamides is 1. The molecule has 2 N–H and O–H groups in total. The Morgan fingerprint density at radius 3 is 2.56 bits per heavy atom. The van der Waals surface area contributed by atoms with Crippen LogP contribution in [0.5, 0.6) is 0 Å². The number of nitro groups is 1. The normalized spacial score (nSPS) is 11.2. The van der Waals surface area contributed by atoms with E-state index >= 15 is 0 Å². The summed E-state index contributed by atoms with van der Waals surface area (Å²) in [4.78, 5) is 26.5. The number of benzene rings is 2. The molecule has 0 atom stereocenters. The molecule has 1 amide bonds. The van der Waals surface area contributed by atoms with E-state index in [0.717, 1.165) is 25.5 Å². The summed E-state index contributed by atoms with van der Waals surface area (Å²) in [5.74, 6) is -0.254. The van der Waals surface area contributed by atoms with Crippen molar-refractivity contribution in [2.24, 2.45) is 0 Å². The molecule has 0 saturated carbocycles. The van der Waals surface area contributed by atoms with Gasteiger partial charge in [0.05, 0.1) is 16.1 Å². The van der Waals surface area contributed by atoms with Gasteiger partial charge in [-0.05, 0) is 50.1 Å². The molecule has 0 bridgehead atoms. The molecule has 0 aliphatic carbocycles. The fourth-order valence-corrected chi connectivity index (χ4v) is 4.08. The van der Waals surface area contributed by atoms with Crippen molar-refractivity contribution in [3.8, 4) is 0 Å². The lowest BCUT2D eigenvalue weighted by molar-refractivity contribution is -0.385. The highest BCUT2D eigenvalue weighted by Crippen LogP contribution is 2.24. The van der Waals surface area contributed by atoms with E-state index in [2.05, 4.69) is 15.0 Å². The van der Waals surface area contributed by atoms with Crippen LogP contribution >= 0.6 is 0 Å². The molecule has 2 aromatic carbocycles. The molecule has 0 fully saturated rings. The van der Waals surface area contributed by atoms with Crippen molar-refractivity contribution in [3.05, 3.63) is 82.4 Å². The molecular formula is C21H23N5O5S. The molecule has 32 heavy (non-hydrogen) atoms. The summed E-state index contributed by atoms with van der Waals surface area (Å²) < 4.78 is 29.5. The van der Waals surface area contributed by atoms with E-state index in [-0.39, 0.29) is 22.2 Å². The van der Waals surface area contributed by atoms with Crippen LogP contribution in [0.2, 0.25) is 0 Å². The highest BCUT2D eigenvalue weighted by molar-refractivity contribution is 7.92. The van der Waals surface area contributed by atoms with E-state index in [9.17, 15) is 23.3 Å². The first-order chi connectivity index (χ1) is 15.3. The Labute approximate surface area is 185 Å². The maximum atomic E-state index is 12.6. The van der Waals surface area contributed by atoms with E-state index in [1.165, 1.54) is 43.3 Å². The Balaban J connectivity index is 1.55. The quantitative estimate of drug-likeness (QED) is 0.273. The highest BCUT2D eigenvalue weighted by atomic mass is 32.2. The minimum Gasteiger partial charge on any atom is -0.352 e. The zero-order valence-corrected chi connectivity index (χ0v) is 18.2. The van der Waals surface area contributed by atoms with E-state index in [1.54, 1.807) is 12.5 Å². The molecule has 168 valence electrons. The second kappa shape index (κ2) is 10.1. The van der Waals surface area contributed by atoms with Gasteiger partial charge in [0.2, 0.25) is 0 Å². The second-order valence-corrected chi connectivity index (χ2v) is 8.83. The average molecular weight is 458 g/mol. The van der Waals surface area contributed by atoms with Crippen LogP contribution in [0.1, 0.15) is 28.8 Å². The van der Waals surface area contributed by atoms with Crippen LogP contribution < -0.4 is 10.0 Å². The van der Waals surface area contributed by atoms with Gasteiger partial charge in [0.25, 0.3) is 21.6 Å². The lowest BCUT2D eigenvalue weighted by atomic mass is 10.2. The number of rotatable bonds is 10. The largest absolute Gasteiger partial charge is 0.352 e. The third kappa shape index (κ3) is 5.91. The van der Waals surface area contributed by atoms with E-state index in [0.29, 0.717) is 17.7 Å². The molecule has 0 spiro atoms. The van der Waals surface area contributed by atoms with Crippen molar-refractivity contribution < 1.29 is 18.1 Å². The van der Waals surface area contributed by atoms with Gasteiger partial charge in [-0.15, -0.1) is 0 Å². The number of carbonyl (C=O) groups excluding carboxylic acids is 1.